The smallest absolute Gasteiger partial charge is 0.194 e. The Morgan fingerprint density at radius 3 is 2.39 bits per heavy atom. The van der Waals surface area contributed by atoms with Crippen LogP contribution in [-0.2, 0) is 0 Å². The van der Waals surface area contributed by atoms with E-state index >= 15 is 0 Å². The van der Waals surface area contributed by atoms with Crippen LogP contribution >= 0.6 is 0 Å². The van der Waals surface area contributed by atoms with Gasteiger partial charge < -0.3 is 19.9 Å². The second-order valence-corrected chi connectivity index (χ2v) is 8.91. The molecule has 170 valence electrons. The molecule has 0 aliphatic carbocycles. The molecule has 1 atom stereocenters. The minimum atomic E-state index is -1.53. The van der Waals surface area contributed by atoms with E-state index in [1.807, 2.05) is 32.9 Å². The summed E-state index contributed by atoms with van der Waals surface area (Å²) in [6.45, 7) is 6.03. The van der Waals surface area contributed by atoms with Crippen molar-refractivity contribution in [1.82, 2.24) is 0 Å². The SMILES string of the molecule is COc1c(O)ccc2c1-c1ccc3c(c1C(c1cc(F)c(F)c(F)c1)O2)C(C)=CC(C)(C)N3. The number of hydrogen-bond donors (Lipinski definition) is 2. The molecule has 2 heterocycles. The number of allylic oxidation sites excluding steroid dienone is 1. The van der Waals surface area contributed by atoms with Crippen LogP contribution in [0.5, 0.6) is 17.2 Å². The van der Waals surface area contributed by atoms with Crippen LogP contribution in [0.4, 0.5) is 18.9 Å². The van der Waals surface area contributed by atoms with Gasteiger partial charge >= 0.3 is 0 Å². The van der Waals surface area contributed by atoms with Gasteiger partial charge in [0.1, 0.15) is 5.75 Å². The highest BCUT2D eigenvalue weighted by atomic mass is 19.2. The fraction of sp³-hybridized carbons (Fsp3) is 0.231. The highest BCUT2D eigenvalue weighted by Gasteiger charge is 2.37. The number of benzene rings is 3. The van der Waals surface area contributed by atoms with E-state index < -0.39 is 23.6 Å². The van der Waals surface area contributed by atoms with Gasteiger partial charge in [-0.2, -0.15) is 0 Å². The number of phenols is 1. The summed E-state index contributed by atoms with van der Waals surface area (Å²) >= 11 is 0. The molecule has 0 fully saturated rings. The number of phenolic OH excluding ortho intramolecular Hbond substituents is 1. The average molecular weight is 453 g/mol. The number of rotatable bonds is 2. The molecular weight excluding hydrogens is 431 g/mol. The zero-order chi connectivity index (χ0) is 23.7. The molecule has 4 nitrogen and oxygen atoms in total. The fourth-order valence-electron chi connectivity index (χ4n) is 4.90. The predicted octanol–water partition coefficient (Wildman–Crippen LogP) is 6.57. The molecule has 0 bridgehead atoms. The molecule has 2 N–H and O–H groups in total. The number of nitrogens with one attached hydrogen (secondary N) is 1. The first kappa shape index (κ1) is 21.2. The Bertz CT molecular complexity index is 1320. The molecule has 2 aliphatic rings. The first-order valence-corrected chi connectivity index (χ1v) is 10.5. The van der Waals surface area contributed by atoms with Crippen LogP contribution in [0.25, 0.3) is 16.7 Å². The highest BCUT2D eigenvalue weighted by Crippen LogP contribution is 2.55. The summed E-state index contributed by atoms with van der Waals surface area (Å²) in [7, 11) is 1.44. The first-order chi connectivity index (χ1) is 15.6. The number of halogens is 3. The van der Waals surface area contributed by atoms with Gasteiger partial charge in [0.2, 0.25) is 0 Å². The molecule has 0 saturated heterocycles. The van der Waals surface area contributed by atoms with E-state index in [9.17, 15) is 18.3 Å². The van der Waals surface area contributed by atoms with Crippen molar-refractivity contribution in [2.75, 3.05) is 12.4 Å². The molecule has 1 unspecified atom stereocenters. The minimum Gasteiger partial charge on any atom is -0.504 e. The Morgan fingerprint density at radius 1 is 1.03 bits per heavy atom. The van der Waals surface area contributed by atoms with Crippen molar-refractivity contribution in [1.29, 1.82) is 0 Å². The van der Waals surface area contributed by atoms with Gasteiger partial charge in [0.15, 0.2) is 35.1 Å². The van der Waals surface area contributed by atoms with Crippen molar-refractivity contribution < 1.29 is 27.8 Å². The maximum atomic E-state index is 14.2. The van der Waals surface area contributed by atoms with Gasteiger partial charge in [-0.05, 0) is 62.2 Å². The average Bonchev–Trinajstić information content (AvgIpc) is 2.75. The fourth-order valence-corrected chi connectivity index (χ4v) is 4.90. The van der Waals surface area contributed by atoms with E-state index in [0.717, 1.165) is 29.0 Å². The summed E-state index contributed by atoms with van der Waals surface area (Å²) in [6, 6.07) is 8.70. The van der Waals surface area contributed by atoms with Gasteiger partial charge in [-0.1, -0.05) is 12.1 Å². The topological polar surface area (TPSA) is 50.7 Å². The molecule has 3 aromatic rings. The van der Waals surface area contributed by atoms with Crippen molar-refractivity contribution in [2.45, 2.75) is 32.4 Å². The Balaban J connectivity index is 1.85. The molecule has 33 heavy (non-hydrogen) atoms. The van der Waals surface area contributed by atoms with Gasteiger partial charge in [-0.3, -0.25) is 0 Å². The van der Waals surface area contributed by atoms with Crippen LogP contribution in [0, 0.1) is 17.5 Å². The molecule has 0 amide bonds. The number of methoxy groups -OCH3 is 1. The largest absolute Gasteiger partial charge is 0.504 e. The van der Waals surface area contributed by atoms with Crippen molar-refractivity contribution in [2.24, 2.45) is 0 Å². The molecule has 2 aliphatic heterocycles. The maximum absolute atomic E-state index is 14.2. The van der Waals surface area contributed by atoms with Crippen LogP contribution in [0.1, 0.15) is 43.6 Å². The van der Waals surface area contributed by atoms with Gasteiger partial charge in [0, 0.05) is 22.4 Å². The molecule has 0 saturated carbocycles. The Morgan fingerprint density at radius 2 is 1.73 bits per heavy atom. The van der Waals surface area contributed by atoms with Crippen molar-refractivity contribution in [3.63, 3.8) is 0 Å². The van der Waals surface area contributed by atoms with Crippen molar-refractivity contribution in [3.05, 3.63) is 76.6 Å². The second kappa shape index (κ2) is 7.20. The van der Waals surface area contributed by atoms with Gasteiger partial charge in [-0.25, -0.2) is 13.2 Å². The lowest BCUT2D eigenvalue weighted by molar-refractivity contribution is 0.239. The monoisotopic (exact) mass is 453 g/mol. The lowest BCUT2D eigenvalue weighted by Gasteiger charge is -2.37. The number of ether oxygens (including phenoxy) is 2. The van der Waals surface area contributed by atoms with Crippen LogP contribution in [0.15, 0.2) is 42.5 Å². The van der Waals surface area contributed by atoms with Gasteiger partial charge in [-0.15, -0.1) is 0 Å². The number of fused-ring (bicyclic) bond motifs is 5. The van der Waals surface area contributed by atoms with E-state index in [1.54, 1.807) is 6.07 Å². The molecule has 0 aromatic heterocycles. The quantitative estimate of drug-likeness (QED) is 0.431. The summed E-state index contributed by atoms with van der Waals surface area (Å²) in [6.07, 6.45) is 1.14. The molecule has 3 aromatic carbocycles. The van der Waals surface area contributed by atoms with Crippen molar-refractivity contribution >= 4 is 11.3 Å². The maximum Gasteiger partial charge on any atom is 0.194 e. The third kappa shape index (κ3) is 3.22. The molecule has 0 radical (unpaired) electrons. The molecule has 7 heteroatoms. The number of hydrogen-bond acceptors (Lipinski definition) is 4. The lowest BCUT2D eigenvalue weighted by atomic mass is 9.80. The van der Waals surface area contributed by atoms with E-state index in [4.69, 9.17) is 9.47 Å². The van der Waals surface area contributed by atoms with E-state index in [2.05, 4.69) is 11.4 Å². The van der Waals surface area contributed by atoms with Crippen LogP contribution in [0.2, 0.25) is 0 Å². The Hall–Kier alpha value is -3.61. The summed E-state index contributed by atoms with van der Waals surface area (Å²) in [5.74, 6) is -3.57. The van der Waals surface area contributed by atoms with E-state index in [0.29, 0.717) is 22.4 Å². The number of aromatic hydroxyl groups is 1. The lowest BCUT2D eigenvalue weighted by Crippen LogP contribution is -2.32. The Kier molecular flexibility index (Phi) is 4.64. The second-order valence-electron chi connectivity index (χ2n) is 8.91. The minimum absolute atomic E-state index is 0.0626. The normalized spacial score (nSPS) is 17.7. The van der Waals surface area contributed by atoms with E-state index in [1.165, 1.54) is 13.2 Å². The van der Waals surface area contributed by atoms with E-state index in [-0.39, 0.29) is 22.6 Å². The summed E-state index contributed by atoms with van der Waals surface area (Å²) in [4.78, 5) is 0. The molecule has 5 rings (SSSR count). The third-order valence-corrected chi connectivity index (χ3v) is 6.06. The standard InChI is InChI=1S/C26H22F3NO3/c1-12-11-26(2,3)30-17-6-5-14-21-19(8-7-18(31)25(21)32-4)33-24(22(14)20(12)17)13-9-15(27)23(29)16(28)10-13/h5-11,24,30-31H,1-4H3. The Labute approximate surface area is 189 Å². The molecular formula is C26H22F3NO3. The number of anilines is 1. The summed E-state index contributed by atoms with van der Waals surface area (Å²) in [5, 5.41) is 13.9. The highest BCUT2D eigenvalue weighted by molar-refractivity contribution is 5.92. The van der Waals surface area contributed by atoms with Gasteiger partial charge in [0.25, 0.3) is 0 Å². The summed E-state index contributed by atoms with van der Waals surface area (Å²) < 4.78 is 53.9. The zero-order valence-electron chi connectivity index (χ0n) is 18.5. The first-order valence-electron chi connectivity index (χ1n) is 10.5. The van der Waals surface area contributed by atoms with Crippen LogP contribution < -0.4 is 14.8 Å². The third-order valence-electron chi connectivity index (χ3n) is 6.06. The predicted molar refractivity (Wildman–Crippen MR) is 120 cm³/mol. The van der Waals surface area contributed by atoms with Crippen molar-refractivity contribution in [3.8, 4) is 28.4 Å². The van der Waals surface area contributed by atoms with Crippen LogP contribution in [0.3, 0.4) is 0 Å². The summed E-state index contributed by atoms with van der Waals surface area (Å²) in [5.41, 5.74) is 4.29. The zero-order valence-corrected chi connectivity index (χ0v) is 18.5. The molecule has 0 spiro atoms. The van der Waals surface area contributed by atoms with Crippen LogP contribution in [-0.4, -0.2) is 17.8 Å². The van der Waals surface area contributed by atoms with Gasteiger partial charge in [0.05, 0.1) is 18.2 Å².